The first-order chi connectivity index (χ1) is 10.3. The lowest BCUT2D eigenvalue weighted by atomic mass is 10.3. The van der Waals surface area contributed by atoms with Crippen LogP contribution in [0.5, 0.6) is 0 Å². The molecule has 0 aliphatic carbocycles. The lowest BCUT2D eigenvalue weighted by Gasteiger charge is -2.15. The zero-order chi connectivity index (χ0) is 15.1. The van der Waals surface area contributed by atoms with E-state index < -0.39 is 0 Å². The van der Waals surface area contributed by atoms with E-state index in [1.165, 1.54) is 0 Å². The van der Waals surface area contributed by atoms with Gasteiger partial charge in [0.15, 0.2) is 0 Å². The maximum atomic E-state index is 5.47. The Morgan fingerprint density at radius 2 is 1.86 bits per heavy atom. The van der Waals surface area contributed by atoms with Gasteiger partial charge < -0.3 is 14.8 Å². The number of methoxy groups -OCH3 is 2. The number of aromatic nitrogens is 1. The monoisotopic (exact) mass is 293 g/mol. The molecule has 2 rings (SSSR count). The number of rotatable bonds is 8. The van der Waals surface area contributed by atoms with Crippen LogP contribution in [0.2, 0.25) is 0 Å². The Kier molecular flexibility index (Phi) is 6.57. The zero-order valence-electron chi connectivity index (χ0n) is 13.3. The normalized spacial score (nSPS) is 22.8. The van der Waals surface area contributed by atoms with Crippen LogP contribution in [0.15, 0.2) is 18.2 Å². The fourth-order valence-corrected chi connectivity index (χ4v) is 2.74. The second kappa shape index (κ2) is 8.44. The van der Waals surface area contributed by atoms with Crippen LogP contribution in [0.3, 0.4) is 0 Å². The van der Waals surface area contributed by atoms with Gasteiger partial charge in [-0.25, -0.2) is 0 Å². The molecule has 1 aromatic rings. The van der Waals surface area contributed by atoms with Crippen LogP contribution in [-0.2, 0) is 22.6 Å². The molecular weight excluding hydrogens is 266 g/mol. The molecule has 1 aromatic heterocycles. The van der Waals surface area contributed by atoms with E-state index in [4.69, 9.17) is 14.5 Å². The average Bonchev–Trinajstić information content (AvgIpc) is 2.90. The minimum absolute atomic E-state index is 0.157. The Morgan fingerprint density at radius 1 is 1.19 bits per heavy atom. The minimum atomic E-state index is 0.157. The summed E-state index contributed by atoms with van der Waals surface area (Å²) in [6.45, 7) is 6.68. The van der Waals surface area contributed by atoms with E-state index in [2.05, 4.69) is 35.3 Å². The van der Waals surface area contributed by atoms with Gasteiger partial charge in [-0.1, -0.05) is 13.0 Å². The van der Waals surface area contributed by atoms with Gasteiger partial charge in [0.1, 0.15) is 0 Å². The third-order valence-electron chi connectivity index (χ3n) is 3.88. The van der Waals surface area contributed by atoms with Gasteiger partial charge in [0.2, 0.25) is 0 Å². The number of nitrogens with zero attached hydrogens (tertiary/aromatic N) is 2. The Labute approximate surface area is 127 Å². The van der Waals surface area contributed by atoms with Gasteiger partial charge >= 0.3 is 0 Å². The van der Waals surface area contributed by atoms with Crippen molar-refractivity contribution < 1.29 is 9.47 Å². The van der Waals surface area contributed by atoms with E-state index in [1.807, 2.05) is 0 Å². The summed E-state index contributed by atoms with van der Waals surface area (Å²) in [4.78, 5) is 7.07. The second-order valence-electron chi connectivity index (χ2n) is 5.54. The van der Waals surface area contributed by atoms with Crippen molar-refractivity contribution >= 4 is 0 Å². The van der Waals surface area contributed by atoms with Gasteiger partial charge in [-0.15, -0.1) is 0 Å². The molecule has 1 aliphatic heterocycles. The summed E-state index contributed by atoms with van der Waals surface area (Å²) < 4.78 is 10.9. The van der Waals surface area contributed by atoms with E-state index in [9.17, 15) is 0 Å². The number of hydrogen-bond acceptors (Lipinski definition) is 5. The first-order valence-electron chi connectivity index (χ1n) is 7.70. The molecule has 1 aliphatic rings. The highest BCUT2D eigenvalue weighted by Crippen LogP contribution is 2.17. The Bertz CT molecular complexity index is 416. The lowest BCUT2D eigenvalue weighted by Crippen LogP contribution is -2.27. The predicted octanol–water partition coefficient (Wildman–Crippen LogP) is 1.43. The largest absolute Gasteiger partial charge is 0.377 e. The van der Waals surface area contributed by atoms with Crippen LogP contribution in [0.4, 0.5) is 0 Å². The topological polar surface area (TPSA) is 46.6 Å². The van der Waals surface area contributed by atoms with Crippen LogP contribution in [0, 0.1) is 0 Å². The molecule has 0 radical (unpaired) electrons. The van der Waals surface area contributed by atoms with Crippen LogP contribution in [-0.4, -0.2) is 55.9 Å². The standard InChI is InChI=1S/C16H27N3O2/c1-4-8-17-9-13-6-5-7-14(18-13)10-19-11-15(20-2)16(12-19)21-3/h5-7,15-17H,4,8-12H2,1-3H3. The molecule has 1 fully saturated rings. The van der Waals surface area contributed by atoms with Crippen molar-refractivity contribution in [2.75, 3.05) is 33.9 Å². The minimum Gasteiger partial charge on any atom is -0.377 e. The molecule has 1 saturated heterocycles. The van der Waals surface area contributed by atoms with Gasteiger partial charge in [-0.2, -0.15) is 0 Å². The van der Waals surface area contributed by atoms with E-state index in [1.54, 1.807) is 14.2 Å². The molecule has 5 nitrogen and oxygen atoms in total. The SMILES string of the molecule is CCCNCc1cccc(CN2CC(OC)C(OC)C2)n1. The summed E-state index contributed by atoms with van der Waals surface area (Å²) in [7, 11) is 3.50. The third kappa shape index (κ3) is 4.74. The number of hydrogen-bond donors (Lipinski definition) is 1. The van der Waals surface area contributed by atoms with Gasteiger partial charge in [-0.05, 0) is 25.1 Å². The molecule has 21 heavy (non-hydrogen) atoms. The third-order valence-corrected chi connectivity index (χ3v) is 3.88. The van der Waals surface area contributed by atoms with Gasteiger partial charge in [0.05, 0.1) is 23.6 Å². The summed E-state index contributed by atoms with van der Waals surface area (Å²) >= 11 is 0. The van der Waals surface area contributed by atoms with Crippen molar-refractivity contribution in [1.29, 1.82) is 0 Å². The van der Waals surface area contributed by atoms with Crippen LogP contribution < -0.4 is 5.32 Å². The second-order valence-corrected chi connectivity index (χ2v) is 5.54. The van der Waals surface area contributed by atoms with Crippen molar-refractivity contribution in [3.8, 4) is 0 Å². The fourth-order valence-electron chi connectivity index (χ4n) is 2.74. The predicted molar refractivity (Wildman–Crippen MR) is 83.1 cm³/mol. The summed E-state index contributed by atoms with van der Waals surface area (Å²) in [5, 5.41) is 3.39. The molecule has 0 aromatic carbocycles. The highest BCUT2D eigenvalue weighted by atomic mass is 16.5. The number of ether oxygens (including phenoxy) is 2. The van der Waals surface area contributed by atoms with Crippen molar-refractivity contribution in [3.63, 3.8) is 0 Å². The van der Waals surface area contributed by atoms with Gasteiger partial charge in [0.25, 0.3) is 0 Å². The van der Waals surface area contributed by atoms with E-state index in [-0.39, 0.29) is 12.2 Å². The maximum absolute atomic E-state index is 5.47. The number of pyridine rings is 1. The number of likely N-dealkylation sites (tertiary alicyclic amines) is 1. The molecule has 1 N–H and O–H groups in total. The Morgan fingerprint density at radius 3 is 2.48 bits per heavy atom. The quantitative estimate of drug-likeness (QED) is 0.735. The van der Waals surface area contributed by atoms with Crippen molar-refractivity contribution in [2.24, 2.45) is 0 Å². The smallest absolute Gasteiger partial charge is 0.0971 e. The van der Waals surface area contributed by atoms with E-state index in [0.29, 0.717) is 0 Å². The van der Waals surface area contributed by atoms with Gasteiger partial charge in [-0.3, -0.25) is 9.88 Å². The molecule has 118 valence electrons. The first kappa shape index (κ1) is 16.4. The van der Waals surface area contributed by atoms with Crippen molar-refractivity contribution in [3.05, 3.63) is 29.6 Å². The lowest BCUT2D eigenvalue weighted by molar-refractivity contribution is -0.00461. The summed E-state index contributed by atoms with van der Waals surface area (Å²) in [5.74, 6) is 0. The highest BCUT2D eigenvalue weighted by molar-refractivity contribution is 5.11. The molecule has 0 bridgehead atoms. The van der Waals surface area contributed by atoms with Crippen LogP contribution in [0.25, 0.3) is 0 Å². The molecule has 2 atom stereocenters. The Balaban J connectivity index is 1.89. The van der Waals surface area contributed by atoms with Gasteiger partial charge in [0, 0.05) is 40.4 Å². The molecule has 0 saturated carbocycles. The Hall–Kier alpha value is -1.01. The summed E-state index contributed by atoms with van der Waals surface area (Å²) in [6, 6.07) is 6.25. The molecule has 2 unspecified atom stereocenters. The fraction of sp³-hybridized carbons (Fsp3) is 0.688. The maximum Gasteiger partial charge on any atom is 0.0971 e. The average molecular weight is 293 g/mol. The van der Waals surface area contributed by atoms with Crippen molar-refractivity contribution in [1.82, 2.24) is 15.2 Å². The van der Waals surface area contributed by atoms with E-state index >= 15 is 0 Å². The first-order valence-corrected chi connectivity index (χ1v) is 7.70. The van der Waals surface area contributed by atoms with Crippen LogP contribution >= 0.6 is 0 Å². The molecule has 0 spiro atoms. The number of nitrogens with one attached hydrogen (secondary N) is 1. The van der Waals surface area contributed by atoms with E-state index in [0.717, 1.165) is 50.5 Å². The van der Waals surface area contributed by atoms with Crippen molar-refractivity contribution in [2.45, 2.75) is 38.6 Å². The highest BCUT2D eigenvalue weighted by Gasteiger charge is 2.32. The zero-order valence-corrected chi connectivity index (χ0v) is 13.3. The summed E-state index contributed by atoms with van der Waals surface area (Å²) in [6.07, 6.45) is 1.46. The molecular formula is C16H27N3O2. The molecule has 0 amide bonds. The molecule has 2 heterocycles. The molecule has 5 heteroatoms. The van der Waals surface area contributed by atoms with Crippen LogP contribution in [0.1, 0.15) is 24.7 Å². The summed E-state index contributed by atoms with van der Waals surface area (Å²) in [5.41, 5.74) is 2.21.